The molecule has 0 aliphatic carbocycles. The number of phenols is 3. The molecule has 0 saturated heterocycles. The Kier molecular flexibility index (Phi) is 32.9. The lowest BCUT2D eigenvalue weighted by molar-refractivity contribution is -0.136. The molecule has 0 aliphatic rings. The van der Waals surface area contributed by atoms with Gasteiger partial charge in [-0.25, -0.2) is 9.97 Å². The summed E-state index contributed by atoms with van der Waals surface area (Å²) in [4.78, 5) is 193. The van der Waals surface area contributed by atoms with Gasteiger partial charge in [-0.05, 0) is 122 Å². The van der Waals surface area contributed by atoms with Crippen LogP contribution in [0.25, 0.3) is 0 Å². The van der Waals surface area contributed by atoms with Crippen LogP contribution in [0.1, 0.15) is 116 Å². The number of H-pyrrole nitrogens is 2. The minimum Gasteiger partial charge on any atom is -0.508 e. The topological polar surface area (TPSA) is 550 Å². The molecule has 0 spiro atoms. The number of aryl methyl sites for hydroxylation is 2. The number of carbonyl (C=O) groups is 13. The number of hydrogen-bond donors (Lipinski definition) is 19. The number of benzene rings is 3. The molecule has 13 amide bonds. The van der Waals surface area contributed by atoms with Gasteiger partial charge in [0, 0.05) is 36.6 Å². The summed E-state index contributed by atoms with van der Waals surface area (Å²) < 4.78 is 0. The Morgan fingerprint density at radius 1 is 0.410 bits per heavy atom. The quantitative estimate of drug-likeness (QED) is 0.0206. The Hall–Kier alpha value is -11.4. The normalized spacial score (nSPS) is 14.4. The molecule has 0 aliphatic heterocycles. The second kappa shape index (κ2) is 41.0. The molecule has 2 heterocycles. The summed E-state index contributed by atoms with van der Waals surface area (Å²) in [5, 5.41) is 58.1. The van der Waals surface area contributed by atoms with Crippen molar-refractivity contribution in [3.8, 4) is 17.2 Å². The average Bonchev–Trinajstić information content (AvgIpc) is 1.78. The molecule has 570 valence electrons. The van der Waals surface area contributed by atoms with E-state index in [0.29, 0.717) is 28.1 Å². The first-order valence-corrected chi connectivity index (χ1v) is 34.5. The highest BCUT2D eigenvalue weighted by atomic mass is 16.3. The zero-order valence-corrected chi connectivity index (χ0v) is 60.2. The van der Waals surface area contributed by atoms with E-state index >= 15 is 0 Å². The van der Waals surface area contributed by atoms with E-state index in [1.165, 1.54) is 80.5 Å². The van der Waals surface area contributed by atoms with Gasteiger partial charge in [0.15, 0.2) is 0 Å². The van der Waals surface area contributed by atoms with Crippen molar-refractivity contribution in [3.05, 3.63) is 126 Å². The SMILES string of the molecule is CC(C)C[C@@H](NC(=O)CNC(=O)[C@@H](C)NC(=O)[C@H](NC(=O)[C@@H](CC(N)=O)NC(=O)[C@@H](CCc1ccc(O)cc1)NC(=O)[C@H](NC(=O)[C@H](N)Cc1ccc(O)cc1)C(C)C)C(C)C)C(=O)N[C@H](Cc1ccc(O)cc1)C(=O)N[C@@H](C(=O)N[C@H](CCc1cnc[nH]1)C(=O)N[C@H](Cc1cnc[nH]1)C(N)=O)C(C)C. The molecule has 3 aromatic carbocycles. The number of nitrogens with zero attached hydrogens (tertiary/aromatic N) is 2. The smallest absolute Gasteiger partial charge is 0.243 e. The standard InChI is InChI=1S/C71H100N18O16/c1-36(2)26-53(66(100)85-54(28-43-14-22-48(92)23-15-43)67(101)89-60(39(7)8)71(105)83-51(25-17-44-31-75-34-78-44)64(98)84-52(61(74)95)29-45-32-76-35-79-45)81-57(94)33-77-62(96)40(9)80-69(103)58(37(3)4)88-68(102)55(30-56(73)93)86-65(99)50(24-16-41-10-18-46(90)19-11-41)82-70(104)59(38(5)6)87-63(97)49(72)27-42-12-20-47(91)21-13-42/h10-15,18-23,31-32,34-40,49-55,58-60,90-92H,16-17,24-30,33,72H2,1-9H3,(H2,73,93)(H2,74,95)(H,75,78)(H,76,79)(H,77,96)(H,80,103)(H,81,94)(H,82,104)(H,83,105)(H,84,98)(H,85,100)(H,86,99)(H,87,97)(H,88,102)(H,89,101)/t40-,49-,50-,51-,52-,53-,54-,55-,58-,59-,60-/m1/s1. The van der Waals surface area contributed by atoms with Crippen LogP contribution in [0.2, 0.25) is 0 Å². The maximum Gasteiger partial charge on any atom is 0.243 e. The zero-order chi connectivity index (χ0) is 77.8. The number of aromatic nitrogens is 4. The molecule has 0 radical (unpaired) electrons. The molecular weight excluding hydrogens is 1360 g/mol. The maximum atomic E-state index is 14.5. The number of primary amides is 2. The van der Waals surface area contributed by atoms with E-state index in [4.69, 9.17) is 17.2 Å². The number of nitrogens with one attached hydrogen (secondary N) is 13. The second-order valence-corrected chi connectivity index (χ2v) is 27.2. The molecular formula is C71H100N18O16. The lowest BCUT2D eigenvalue weighted by Crippen LogP contribution is -2.61. The number of hydrogen-bond acceptors (Lipinski definition) is 19. The Balaban J connectivity index is 1.25. The first-order valence-electron chi connectivity index (χ1n) is 34.5. The van der Waals surface area contributed by atoms with E-state index in [1.807, 2.05) is 0 Å². The van der Waals surface area contributed by atoms with E-state index in [-0.39, 0.29) is 74.5 Å². The van der Waals surface area contributed by atoms with E-state index in [0.717, 1.165) is 0 Å². The summed E-state index contributed by atoms with van der Waals surface area (Å²) in [6.07, 6.45) is 5.07. The molecule has 0 fully saturated rings. The minimum atomic E-state index is -1.74. The van der Waals surface area contributed by atoms with E-state index in [1.54, 1.807) is 79.7 Å². The van der Waals surface area contributed by atoms with Crippen molar-refractivity contribution in [1.82, 2.24) is 78.4 Å². The van der Waals surface area contributed by atoms with Crippen LogP contribution < -0.4 is 75.7 Å². The fraction of sp³-hybridized carbons (Fsp3) is 0.479. The predicted octanol–water partition coefficient (Wildman–Crippen LogP) is -1.77. The summed E-state index contributed by atoms with van der Waals surface area (Å²) in [5.74, 6) is -13.7. The van der Waals surface area contributed by atoms with Crippen molar-refractivity contribution in [2.75, 3.05) is 6.54 Å². The lowest BCUT2D eigenvalue weighted by atomic mass is 9.99. The van der Waals surface area contributed by atoms with Crippen LogP contribution in [0.15, 0.2) is 97.8 Å². The van der Waals surface area contributed by atoms with Crippen molar-refractivity contribution in [1.29, 1.82) is 0 Å². The molecule has 5 aromatic rings. The summed E-state index contributed by atoms with van der Waals surface area (Å²) in [6, 6.07) is 2.79. The highest BCUT2D eigenvalue weighted by Gasteiger charge is 2.38. The van der Waals surface area contributed by atoms with Crippen molar-refractivity contribution in [2.24, 2.45) is 40.9 Å². The Bertz CT molecular complexity index is 3740. The summed E-state index contributed by atoms with van der Waals surface area (Å²) in [6.45, 7) is 13.7. The molecule has 11 atom stereocenters. The van der Waals surface area contributed by atoms with Gasteiger partial charge in [0.05, 0.1) is 31.7 Å². The molecule has 22 N–H and O–H groups in total. The number of aromatic hydroxyl groups is 3. The highest BCUT2D eigenvalue weighted by Crippen LogP contribution is 2.18. The molecule has 34 nitrogen and oxygen atoms in total. The van der Waals surface area contributed by atoms with Gasteiger partial charge in [0.1, 0.15) is 77.7 Å². The number of carbonyl (C=O) groups excluding carboxylic acids is 13. The third-order valence-electron chi connectivity index (χ3n) is 16.9. The van der Waals surface area contributed by atoms with Gasteiger partial charge in [-0.15, -0.1) is 0 Å². The molecule has 5 rings (SSSR count). The molecule has 2 aromatic heterocycles. The second-order valence-electron chi connectivity index (χ2n) is 27.2. The zero-order valence-electron chi connectivity index (χ0n) is 60.2. The number of aromatic amines is 2. The fourth-order valence-corrected chi connectivity index (χ4v) is 10.9. The lowest BCUT2D eigenvalue weighted by Gasteiger charge is -2.29. The number of phenolic OH excluding ortho intramolecular Hbond substituents is 3. The van der Waals surface area contributed by atoms with E-state index in [9.17, 15) is 77.6 Å². The van der Waals surface area contributed by atoms with Crippen molar-refractivity contribution >= 4 is 76.8 Å². The van der Waals surface area contributed by atoms with Crippen LogP contribution in [0.3, 0.4) is 0 Å². The summed E-state index contributed by atoms with van der Waals surface area (Å²) in [7, 11) is 0. The molecule has 0 unspecified atom stereocenters. The Morgan fingerprint density at radius 2 is 0.810 bits per heavy atom. The minimum absolute atomic E-state index is 0.000166. The van der Waals surface area contributed by atoms with Gasteiger partial charge < -0.3 is 101 Å². The van der Waals surface area contributed by atoms with Crippen LogP contribution >= 0.6 is 0 Å². The van der Waals surface area contributed by atoms with Crippen molar-refractivity contribution < 1.29 is 77.6 Å². The highest BCUT2D eigenvalue weighted by molar-refractivity contribution is 6.00. The van der Waals surface area contributed by atoms with E-state index in [2.05, 4.69) is 78.4 Å². The molecule has 34 heteroatoms. The van der Waals surface area contributed by atoms with Crippen molar-refractivity contribution in [3.63, 3.8) is 0 Å². The molecule has 105 heavy (non-hydrogen) atoms. The first kappa shape index (κ1) is 84.2. The van der Waals surface area contributed by atoms with Crippen molar-refractivity contribution in [2.45, 2.75) is 187 Å². The fourth-order valence-electron chi connectivity index (χ4n) is 10.9. The Morgan fingerprint density at radius 3 is 1.27 bits per heavy atom. The largest absolute Gasteiger partial charge is 0.508 e. The molecule has 0 saturated carbocycles. The van der Waals surface area contributed by atoms with Gasteiger partial charge >= 0.3 is 0 Å². The van der Waals surface area contributed by atoms with Gasteiger partial charge in [-0.1, -0.05) is 91.8 Å². The van der Waals surface area contributed by atoms with Crippen LogP contribution in [-0.2, 0) is 94.4 Å². The van der Waals surface area contributed by atoms with Gasteiger partial charge in [-0.2, -0.15) is 0 Å². The third-order valence-corrected chi connectivity index (χ3v) is 16.9. The van der Waals surface area contributed by atoms with Gasteiger partial charge in [0.2, 0.25) is 76.8 Å². The number of rotatable bonds is 42. The van der Waals surface area contributed by atoms with Crippen LogP contribution in [0.4, 0.5) is 0 Å². The van der Waals surface area contributed by atoms with Gasteiger partial charge in [-0.3, -0.25) is 62.3 Å². The Labute approximate surface area is 607 Å². The monoisotopic (exact) mass is 1460 g/mol. The molecule has 0 bridgehead atoms. The van der Waals surface area contributed by atoms with Crippen LogP contribution in [-0.4, -0.2) is 185 Å². The number of nitrogens with two attached hydrogens (primary N) is 3. The third kappa shape index (κ3) is 28.4. The van der Waals surface area contributed by atoms with Crippen LogP contribution in [0.5, 0.6) is 17.2 Å². The summed E-state index contributed by atoms with van der Waals surface area (Å²) >= 11 is 0. The average molecular weight is 1460 g/mol. The maximum absolute atomic E-state index is 14.5. The predicted molar refractivity (Wildman–Crippen MR) is 382 cm³/mol. The number of amides is 13. The van der Waals surface area contributed by atoms with E-state index < -0.39 is 174 Å². The first-order chi connectivity index (χ1) is 49.6. The summed E-state index contributed by atoms with van der Waals surface area (Å²) in [5.41, 5.74) is 20.3. The van der Waals surface area contributed by atoms with Crippen LogP contribution in [0, 0.1) is 23.7 Å². The number of imidazole rings is 2. The van der Waals surface area contributed by atoms with Gasteiger partial charge in [0.25, 0.3) is 0 Å².